The van der Waals surface area contributed by atoms with Gasteiger partial charge in [-0.2, -0.15) is 0 Å². The van der Waals surface area contributed by atoms with Gasteiger partial charge in [0, 0.05) is 28.6 Å². The van der Waals surface area contributed by atoms with E-state index in [9.17, 15) is 0 Å². The van der Waals surface area contributed by atoms with Crippen molar-refractivity contribution in [2.24, 2.45) is 0 Å². The number of pyridine rings is 1. The largest absolute Gasteiger partial charge is 0.309 e. The van der Waals surface area contributed by atoms with Gasteiger partial charge in [0.15, 0.2) is 0 Å². The van der Waals surface area contributed by atoms with Crippen LogP contribution in [0.15, 0.2) is 122 Å². The Morgan fingerprint density at radius 2 is 1.03 bits per heavy atom. The average Bonchev–Trinajstić information content (AvgIpc) is 3.26. The van der Waals surface area contributed by atoms with E-state index in [2.05, 4.69) is 119 Å². The summed E-state index contributed by atoms with van der Waals surface area (Å²) >= 11 is 0. The van der Waals surface area contributed by atoms with Crippen molar-refractivity contribution in [3.63, 3.8) is 0 Å². The number of rotatable bonds is 2. The Morgan fingerprint density at radius 3 is 1.74 bits per heavy atom. The van der Waals surface area contributed by atoms with Crippen LogP contribution < -0.4 is 0 Å². The molecule has 0 aliphatic rings. The number of nitrogens with zero attached hydrogens (tertiary/aromatic N) is 2. The van der Waals surface area contributed by atoms with E-state index in [-0.39, 0.29) is 0 Å². The van der Waals surface area contributed by atoms with E-state index >= 15 is 0 Å². The smallest absolute Gasteiger partial charge is 0.0541 e. The molecule has 0 amide bonds. The summed E-state index contributed by atoms with van der Waals surface area (Å²) in [6.45, 7) is 0. The molecule has 162 valence electrons. The van der Waals surface area contributed by atoms with Crippen LogP contribution >= 0.6 is 0 Å². The average molecular weight is 445 g/mol. The lowest BCUT2D eigenvalue weighted by Crippen LogP contribution is -1.96. The van der Waals surface area contributed by atoms with Gasteiger partial charge in [-0.15, -0.1) is 0 Å². The summed E-state index contributed by atoms with van der Waals surface area (Å²) in [5.74, 6) is 0. The quantitative estimate of drug-likeness (QED) is 0.244. The third-order valence-electron chi connectivity index (χ3n) is 7.45. The fourth-order valence-electron chi connectivity index (χ4n) is 5.95. The summed E-state index contributed by atoms with van der Waals surface area (Å²) in [6, 6.07) is 39.8. The molecular weight excluding hydrogens is 424 g/mol. The number of benzene rings is 6. The van der Waals surface area contributed by atoms with Crippen molar-refractivity contribution >= 4 is 54.1 Å². The molecule has 0 N–H and O–H groups in total. The lowest BCUT2D eigenvalue weighted by molar-refractivity contribution is 1.20. The van der Waals surface area contributed by atoms with Gasteiger partial charge in [-0.05, 0) is 68.4 Å². The molecule has 2 heterocycles. The van der Waals surface area contributed by atoms with Crippen LogP contribution in [-0.4, -0.2) is 9.55 Å². The Kier molecular flexibility index (Phi) is 3.69. The zero-order chi connectivity index (χ0) is 22.9. The highest BCUT2D eigenvalue weighted by atomic mass is 15.0. The summed E-state index contributed by atoms with van der Waals surface area (Å²) in [6.07, 6.45) is 3.74. The van der Waals surface area contributed by atoms with E-state index in [0.29, 0.717) is 0 Å². The van der Waals surface area contributed by atoms with Crippen molar-refractivity contribution in [2.45, 2.75) is 0 Å². The molecule has 0 saturated heterocycles. The number of hydrogen-bond donors (Lipinski definition) is 0. The van der Waals surface area contributed by atoms with Crippen LogP contribution in [0, 0.1) is 0 Å². The molecular formula is C33H20N2. The molecule has 0 spiro atoms. The molecule has 0 radical (unpaired) electrons. The van der Waals surface area contributed by atoms with Crippen molar-refractivity contribution in [3.05, 3.63) is 122 Å². The lowest BCUT2D eigenvalue weighted by Gasteiger charge is -2.17. The highest BCUT2D eigenvalue weighted by molar-refractivity contribution is 6.27. The minimum absolute atomic E-state index is 1.19. The second kappa shape index (κ2) is 6.91. The summed E-state index contributed by atoms with van der Waals surface area (Å²) in [4.78, 5) is 4.22. The molecule has 0 aliphatic carbocycles. The molecule has 8 aromatic rings. The highest BCUT2D eigenvalue weighted by Crippen LogP contribution is 2.42. The first-order valence-corrected chi connectivity index (χ1v) is 12.0. The third-order valence-corrected chi connectivity index (χ3v) is 7.45. The standard InChI is InChI=1S/C33H20N2/c1-3-7-29-25(5-1)26-6-2-4-8-30(26)35(29)31-16-12-23-10-14-27-24(21-17-19-34-20-18-21)13-9-22-11-15-28(31)33(23)32(22)27/h1-20H. The maximum Gasteiger partial charge on any atom is 0.0541 e. The Bertz CT molecular complexity index is 1990. The van der Waals surface area contributed by atoms with E-state index in [1.165, 1.54) is 70.9 Å². The van der Waals surface area contributed by atoms with Gasteiger partial charge in [0.05, 0.1) is 16.7 Å². The molecule has 0 fully saturated rings. The normalized spacial score (nSPS) is 12.0. The van der Waals surface area contributed by atoms with Crippen molar-refractivity contribution in [3.8, 4) is 16.8 Å². The van der Waals surface area contributed by atoms with E-state index in [4.69, 9.17) is 0 Å². The third kappa shape index (κ3) is 2.51. The SMILES string of the molecule is c1ccc2c(c1)c1ccccc1n2-c1ccc2ccc3c(-c4ccncc4)ccc4ccc1c2c43. The molecule has 6 aromatic carbocycles. The molecule has 2 aromatic heterocycles. The van der Waals surface area contributed by atoms with E-state index < -0.39 is 0 Å². The van der Waals surface area contributed by atoms with Crippen molar-refractivity contribution in [1.29, 1.82) is 0 Å². The predicted molar refractivity (Wildman–Crippen MR) is 148 cm³/mol. The van der Waals surface area contributed by atoms with Crippen LogP contribution in [0.5, 0.6) is 0 Å². The zero-order valence-corrected chi connectivity index (χ0v) is 18.9. The van der Waals surface area contributed by atoms with Gasteiger partial charge in [-0.1, -0.05) is 78.9 Å². The van der Waals surface area contributed by atoms with Crippen LogP contribution in [0.25, 0.3) is 70.9 Å². The highest BCUT2D eigenvalue weighted by Gasteiger charge is 2.17. The fraction of sp³-hybridized carbons (Fsp3) is 0. The monoisotopic (exact) mass is 444 g/mol. The molecule has 35 heavy (non-hydrogen) atoms. The second-order valence-electron chi connectivity index (χ2n) is 9.23. The maximum absolute atomic E-state index is 4.22. The minimum Gasteiger partial charge on any atom is -0.309 e. The molecule has 8 rings (SSSR count). The second-order valence-corrected chi connectivity index (χ2v) is 9.23. The maximum atomic E-state index is 4.22. The number of fused-ring (bicyclic) bond motifs is 3. The van der Waals surface area contributed by atoms with Gasteiger partial charge < -0.3 is 4.57 Å². The van der Waals surface area contributed by atoms with Crippen molar-refractivity contribution in [1.82, 2.24) is 9.55 Å². The molecule has 2 heteroatoms. The van der Waals surface area contributed by atoms with Gasteiger partial charge in [0.25, 0.3) is 0 Å². The Morgan fingerprint density at radius 1 is 0.457 bits per heavy atom. The number of hydrogen-bond acceptors (Lipinski definition) is 1. The molecule has 0 atom stereocenters. The number of para-hydroxylation sites is 2. The molecule has 0 bridgehead atoms. The fourth-order valence-corrected chi connectivity index (χ4v) is 5.95. The Labute approximate surface area is 202 Å². The van der Waals surface area contributed by atoms with Gasteiger partial charge in [0.2, 0.25) is 0 Å². The molecule has 2 nitrogen and oxygen atoms in total. The summed E-state index contributed by atoms with van der Waals surface area (Å²) in [5.41, 5.74) is 6.14. The first-order chi connectivity index (χ1) is 17.4. The summed E-state index contributed by atoms with van der Waals surface area (Å²) in [7, 11) is 0. The van der Waals surface area contributed by atoms with Crippen molar-refractivity contribution < 1.29 is 0 Å². The zero-order valence-electron chi connectivity index (χ0n) is 18.9. The number of aromatic nitrogens is 2. The van der Waals surface area contributed by atoms with Crippen molar-refractivity contribution in [2.75, 3.05) is 0 Å². The molecule has 0 aliphatic heterocycles. The molecule has 0 saturated carbocycles. The van der Waals surface area contributed by atoms with Crippen LogP contribution in [0.3, 0.4) is 0 Å². The van der Waals surface area contributed by atoms with Crippen LogP contribution in [0.4, 0.5) is 0 Å². The molecule has 0 unspecified atom stereocenters. The van der Waals surface area contributed by atoms with E-state index in [1.54, 1.807) is 0 Å². The topological polar surface area (TPSA) is 17.8 Å². The van der Waals surface area contributed by atoms with Crippen LogP contribution in [-0.2, 0) is 0 Å². The van der Waals surface area contributed by atoms with Gasteiger partial charge in [-0.25, -0.2) is 0 Å². The Hall–Kier alpha value is -4.69. The first kappa shape index (κ1) is 18.7. The van der Waals surface area contributed by atoms with Crippen LogP contribution in [0.1, 0.15) is 0 Å². The van der Waals surface area contributed by atoms with E-state index in [1.807, 2.05) is 12.4 Å². The lowest BCUT2D eigenvalue weighted by atomic mass is 9.89. The predicted octanol–water partition coefficient (Wildman–Crippen LogP) is 8.74. The Balaban J connectivity index is 1.54. The van der Waals surface area contributed by atoms with Gasteiger partial charge in [0.1, 0.15) is 0 Å². The summed E-state index contributed by atoms with van der Waals surface area (Å²) < 4.78 is 2.43. The van der Waals surface area contributed by atoms with Gasteiger partial charge in [-0.3, -0.25) is 4.98 Å². The minimum atomic E-state index is 1.19. The van der Waals surface area contributed by atoms with E-state index in [0.717, 1.165) is 0 Å². The van der Waals surface area contributed by atoms with Gasteiger partial charge >= 0.3 is 0 Å². The first-order valence-electron chi connectivity index (χ1n) is 12.0. The summed E-state index contributed by atoms with van der Waals surface area (Å²) in [5, 5.41) is 10.3. The van der Waals surface area contributed by atoms with Crippen LogP contribution in [0.2, 0.25) is 0 Å².